The lowest BCUT2D eigenvalue weighted by Crippen LogP contribution is -2.48. The molecule has 0 radical (unpaired) electrons. The van der Waals surface area contributed by atoms with Crippen molar-refractivity contribution in [2.24, 2.45) is 0 Å². The van der Waals surface area contributed by atoms with Crippen LogP contribution in [0.1, 0.15) is 24.0 Å². The van der Waals surface area contributed by atoms with Gasteiger partial charge in [-0.2, -0.15) is 0 Å². The minimum absolute atomic E-state index is 0.123. The quantitative estimate of drug-likeness (QED) is 0.862. The zero-order valence-corrected chi connectivity index (χ0v) is 13.7. The van der Waals surface area contributed by atoms with Gasteiger partial charge in [0.15, 0.2) is 5.79 Å². The Labute approximate surface area is 135 Å². The summed E-state index contributed by atoms with van der Waals surface area (Å²) >= 11 is 6.24. The second kappa shape index (κ2) is 6.07. The average molecular weight is 325 g/mol. The van der Waals surface area contributed by atoms with Crippen LogP contribution in [0.4, 0.5) is 10.5 Å². The third-order valence-corrected chi connectivity index (χ3v) is 4.59. The number of nitrogens with zero attached hydrogens (tertiary/aromatic N) is 1. The van der Waals surface area contributed by atoms with Crippen molar-refractivity contribution < 1.29 is 14.3 Å². The summed E-state index contributed by atoms with van der Waals surface area (Å²) in [5, 5.41) is 3.50. The van der Waals surface area contributed by atoms with Gasteiger partial charge in [0.25, 0.3) is 0 Å². The molecule has 0 saturated carbocycles. The molecule has 1 aromatic rings. The van der Waals surface area contributed by atoms with Gasteiger partial charge in [-0.05, 0) is 31.0 Å². The fourth-order valence-electron chi connectivity index (χ4n) is 3.10. The number of ether oxygens (including phenoxy) is 2. The van der Waals surface area contributed by atoms with Gasteiger partial charge < -0.3 is 19.7 Å². The van der Waals surface area contributed by atoms with Crippen molar-refractivity contribution in [3.63, 3.8) is 0 Å². The first-order chi connectivity index (χ1) is 10.5. The second-order valence-electron chi connectivity index (χ2n) is 5.96. The number of benzene rings is 1. The van der Waals surface area contributed by atoms with Crippen LogP contribution < -0.4 is 5.32 Å². The molecule has 0 unspecified atom stereocenters. The van der Waals surface area contributed by atoms with E-state index in [1.165, 1.54) is 0 Å². The van der Waals surface area contributed by atoms with Crippen molar-refractivity contribution in [3.8, 4) is 0 Å². The van der Waals surface area contributed by atoms with Gasteiger partial charge in [0, 0.05) is 25.9 Å². The van der Waals surface area contributed by atoms with Crippen LogP contribution in [-0.2, 0) is 9.47 Å². The van der Waals surface area contributed by atoms with Crippen LogP contribution in [0, 0.1) is 13.8 Å². The van der Waals surface area contributed by atoms with Crippen LogP contribution in [0.25, 0.3) is 0 Å². The van der Waals surface area contributed by atoms with E-state index in [1.807, 2.05) is 26.0 Å². The molecule has 3 rings (SSSR count). The Hall–Kier alpha value is -1.30. The molecular formula is C16H21ClN2O3. The third kappa shape index (κ3) is 3.07. The first-order valence-electron chi connectivity index (χ1n) is 7.60. The van der Waals surface area contributed by atoms with E-state index in [1.54, 1.807) is 4.90 Å². The molecule has 2 saturated heterocycles. The molecule has 2 heterocycles. The molecule has 2 aliphatic rings. The molecule has 22 heavy (non-hydrogen) atoms. The summed E-state index contributed by atoms with van der Waals surface area (Å²) in [6.45, 7) is 6.45. The van der Waals surface area contributed by atoms with Crippen LogP contribution in [0.5, 0.6) is 0 Å². The number of likely N-dealkylation sites (tertiary alicyclic amines) is 1. The summed E-state index contributed by atoms with van der Waals surface area (Å²) in [5.41, 5.74) is 2.73. The van der Waals surface area contributed by atoms with Crippen molar-refractivity contribution >= 4 is 23.3 Å². The lowest BCUT2D eigenvalue weighted by Gasteiger charge is -2.37. The first-order valence-corrected chi connectivity index (χ1v) is 7.97. The zero-order valence-electron chi connectivity index (χ0n) is 12.9. The first kappa shape index (κ1) is 15.6. The summed E-state index contributed by atoms with van der Waals surface area (Å²) in [5.74, 6) is -0.464. The number of piperidine rings is 1. The highest BCUT2D eigenvalue weighted by molar-refractivity contribution is 6.34. The minimum atomic E-state index is -0.464. The number of halogens is 1. The van der Waals surface area contributed by atoms with Crippen molar-refractivity contribution in [2.45, 2.75) is 32.5 Å². The largest absolute Gasteiger partial charge is 0.347 e. The summed E-state index contributed by atoms with van der Waals surface area (Å²) in [6, 6.07) is 3.74. The van der Waals surface area contributed by atoms with Gasteiger partial charge in [-0.3, -0.25) is 0 Å². The van der Waals surface area contributed by atoms with E-state index in [4.69, 9.17) is 21.1 Å². The molecule has 0 atom stereocenters. The van der Waals surface area contributed by atoms with E-state index < -0.39 is 5.79 Å². The lowest BCUT2D eigenvalue weighted by atomic mass is 10.0. The van der Waals surface area contributed by atoms with E-state index in [0.717, 1.165) is 11.1 Å². The van der Waals surface area contributed by atoms with E-state index in [9.17, 15) is 4.79 Å². The highest BCUT2D eigenvalue weighted by Crippen LogP contribution is 2.32. The molecular weight excluding hydrogens is 304 g/mol. The molecule has 0 bridgehead atoms. The second-order valence-corrected chi connectivity index (χ2v) is 6.37. The molecule has 6 heteroatoms. The van der Waals surface area contributed by atoms with Crippen LogP contribution in [-0.4, -0.2) is 43.0 Å². The highest BCUT2D eigenvalue weighted by atomic mass is 35.5. The highest BCUT2D eigenvalue weighted by Gasteiger charge is 2.40. The van der Waals surface area contributed by atoms with Gasteiger partial charge >= 0.3 is 6.03 Å². The molecule has 1 aromatic carbocycles. The molecule has 2 aliphatic heterocycles. The monoisotopic (exact) mass is 324 g/mol. The van der Waals surface area contributed by atoms with Gasteiger partial charge in [-0.15, -0.1) is 0 Å². The number of hydrogen-bond acceptors (Lipinski definition) is 3. The van der Waals surface area contributed by atoms with Gasteiger partial charge in [0.2, 0.25) is 0 Å². The lowest BCUT2D eigenvalue weighted by molar-refractivity contribution is -0.181. The van der Waals surface area contributed by atoms with Crippen molar-refractivity contribution in [2.75, 3.05) is 31.6 Å². The number of nitrogens with one attached hydrogen (secondary N) is 1. The molecule has 1 spiro atoms. The fourth-order valence-corrected chi connectivity index (χ4v) is 3.46. The van der Waals surface area contributed by atoms with Crippen LogP contribution in [0.3, 0.4) is 0 Å². The number of amides is 2. The molecule has 2 amide bonds. The molecule has 2 fully saturated rings. The molecule has 120 valence electrons. The summed E-state index contributed by atoms with van der Waals surface area (Å²) in [7, 11) is 0. The van der Waals surface area contributed by atoms with Crippen LogP contribution in [0.15, 0.2) is 12.1 Å². The topological polar surface area (TPSA) is 50.8 Å². The maximum atomic E-state index is 12.4. The van der Waals surface area contributed by atoms with Gasteiger partial charge in [0.05, 0.1) is 23.9 Å². The van der Waals surface area contributed by atoms with Crippen LogP contribution in [0.2, 0.25) is 5.02 Å². The maximum absolute atomic E-state index is 12.4. The maximum Gasteiger partial charge on any atom is 0.321 e. The number of carbonyl (C=O) groups excluding carboxylic acids is 1. The molecule has 1 N–H and O–H groups in total. The third-order valence-electron chi connectivity index (χ3n) is 4.29. The number of anilines is 1. The Balaban J connectivity index is 1.64. The van der Waals surface area contributed by atoms with Crippen LogP contribution >= 0.6 is 11.6 Å². The van der Waals surface area contributed by atoms with Gasteiger partial charge in [-0.25, -0.2) is 4.79 Å². The minimum Gasteiger partial charge on any atom is -0.347 e. The Bertz CT molecular complexity index is 552. The van der Waals surface area contributed by atoms with Crippen molar-refractivity contribution in [3.05, 3.63) is 28.3 Å². The number of rotatable bonds is 1. The Morgan fingerprint density at radius 1 is 1.23 bits per heavy atom. The van der Waals surface area contributed by atoms with E-state index in [0.29, 0.717) is 49.9 Å². The Morgan fingerprint density at radius 2 is 1.86 bits per heavy atom. The standard InChI is InChI=1S/C16H21ClN2O3/c1-11-9-12(2)14(13(17)10-11)18-15(20)19-5-3-16(4-6-19)21-7-8-22-16/h9-10H,3-8H2,1-2H3,(H,18,20). The molecule has 5 nitrogen and oxygen atoms in total. The fraction of sp³-hybridized carbons (Fsp3) is 0.562. The predicted molar refractivity (Wildman–Crippen MR) is 85.4 cm³/mol. The zero-order chi connectivity index (χ0) is 15.7. The van der Waals surface area contributed by atoms with Gasteiger partial charge in [-0.1, -0.05) is 17.7 Å². The average Bonchev–Trinajstić information content (AvgIpc) is 2.91. The molecule has 0 aliphatic carbocycles. The van der Waals surface area contributed by atoms with E-state index in [-0.39, 0.29) is 6.03 Å². The Morgan fingerprint density at radius 3 is 2.45 bits per heavy atom. The van der Waals surface area contributed by atoms with Gasteiger partial charge in [0.1, 0.15) is 0 Å². The summed E-state index contributed by atoms with van der Waals surface area (Å²) < 4.78 is 11.4. The molecule has 0 aromatic heterocycles. The SMILES string of the molecule is Cc1cc(C)c(NC(=O)N2CCC3(CC2)OCCO3)c(Cl)c1. The van der Waals surface area contributed by atoms with Crippen molar-refractivity contribution in [1.29, 1.82) is 0 Å². The Kier molecular flexibility index (Phi) is 4.30. The number of carbonyl (C=O) groups is 1. The number of urea groups is 1. The van der Waals surface area contributed by atoms with E-state index >= 15 is 0 Å². The summed E-state index contributed by atoms with van der Waals surface area (Å²) in [4.78, 5) is 14.2. The number of hydrogen-bond donors (Lipinski definition) is 1. The number of aryl methyl sites for hydroxylation is 2. The smallest absolute Gasteiger partial charge is 0.321 e. The normalized spacial score (nSPS) is 20.4. The predicted octanol–water partition coefficient (Wildman–Crippen LogP) is 3.33. The van der Waals surface area contributed by atoms with E-state index in [2.05, 4.69) is 5.32 Å². The van der Waals surface area contributed by atoms with Crippen molar-refractivity contribution in [1.82, 2.24) is 4.90 Å². The summed E-state index contributed by atoms with van der Waals surface area (Å²) in [6.07, 6.45) is 1.42.